The van der Waals surface area contributed by atoms with Crippen molar-refractivity contribution in [2.24, 2.45) is 0 Å². The van der Waals surface area contributed by atoms with Crippen molar-refractivity contribution in [3.63, 3.8) is 0 Å². The Labute approximate surface area is 100.0 Å². The van der Waals surface area contributed by atoms with E-state index in [0.29, 0.717) is 13.1 Å². The van der Waals surface area contributed by atoms with Crippen LogP contribution in [0, 0.1) is 11.6 Å². The lowest BCUT2D eigenvalue weighted by Gasteiger charge is -2.39. The average molecular weight is 241 g/mol. The first-order valence-corrected chi connectivity index (χ1v) is 5.88. The minimum absolute atomic E-state index is 0.0272. The summed E-state index contributed by atoms with van der Waals surface area (Å²) in [6.07, 6.45) is 0.238. The van der Waals surface area contributed by atoms with E-state index in [-0.39, 0.29) is 11.2 Å². The first-order valence-electron chi connectivity index (χ1n) is 5.88. The number of ether oxygens (including phenoxy) is 1. The summed E-state index contributed by atoms with van der Waals surface area (Å²) in [6, 6.07) is 3.89. The molecule has 1 heterocycles. The van der Waals surface area contributed by atoms with Crippen LogP contribution < -0.4 is 5.32 Å². The summed E-state index contributed by atoms with van der Waals surface area (Å²) < 4.78 is 33.1. The molecule has 1 saturated heterocycles. The van der Waals surface area contributed by atoms with Gasteiger partial charge in [-0.05, 0) is 25.5 Å². The number of hydrogen-bond donors (Lipinski definition) is 1. The minimum Gasteiger partial charge on any atom is -0.364 e. The summed E-state index contributed by atoms with van der Waals surface area (Å²) in [5, 5.41) is 3.17. The topological polar surface area (TPSA) is 21.3 Å². The number of rotatable bonds is 2. The molecule has 0 amide bonds. The molecule has 1 fully saturated rings. The molecule has 2 atom stereocenters. The Kier molecular flexibility index (Phi) is 3.45. The minimum atomic E-state index is -0.560. The van der Waals surface area contributed by atoms with E-state index in [2.05, 4.69) is 5.32 Å². The van der Waals surface area contributed by atoms with Crippen LogP contribution >= 0.6 is 0 Å². The summed E-state index contributed by atoms with van der Waals surface area (Å²) in [5.41, 5.74) is -0.336. The van der Waals surface area contributed by atoms with Gasteiger partial charge in [0.25, 0.3) is 0 Å². The van der Waals surface area contributed by atoms with E-state index in [4.69, 9.17) is 4.74 Å². The van der Waals surface area contributed by atoms with Crippen LogP contribution in [0.2, 0.25) is 0 Å². The molecule has 2 rings (SSSR count). The van der Waals surface area contributed by atoms with E-state index >= 15 is 0 Å². The standard InChI is InChI=1S/C13H17F2NO/c1-3-13(2)8-16-7-11(17-13)12-9(14)5-4-6-10(12)15/h4-6,11,16H,3,7-8H2,1-2H3. The number of nitrogens with one attached hydrogen (secondary N) is 1. The van der Waals surface area contributed by atoms with Crippen molar-refractivity contribution >= 4 is 0 Å². The van der Waals surface area contributed by atoms with Gasteiger partial charge in [-0.25, -0.2) is 8.78 Å². The van der Waals surface area contributed by atoms with Gasteiger partial charge in [0, 0.05) is 13.1 Å². The summed E-state index contributed by atoms with van der Waals surface area (Å²) in [5.74, 6) is -1.09. The van der Waals surface area contributed by atoms with Crippen LogP contribution in [0.3, 0.4) is 0 Å². The maximum atomic E-state index is 13.6. The highest BCUT2D eigenvalue weighted by molar-refractivity contribution is 5.23. The maximum Gasteiger partial charge on any atom is 0.132 e. The van der Waals surface area contributed by atoms with Crippen molar-refractivity contribution in [3.8, 4) is 0 Å². The fraction of sp³-hybridized carbons (Fsp3) is 0.538. The molecular formula is C13H17F2NO. The van der Waals surface area contributed by atoms with E-state index in [1.54, 1.807) is 0 Å². The van der Waals surface area contributed by atoms with Crippen molar-refractivity contribution in [2.45, 2.75) is 32.0 Å². The molecule has 0 saturated carbocycles. The van der Waals surface area contributed by atoms with Gasteiger partial charge in [0.15, 0.2) is 0 Å². The predicted molar refractivity (Wildman–Crippen MR) is 61.7 cm³/mol. The van der Waals surface area contributed by atoms with Crippen LogP contribution in [-0.4, -0.2) is 18.7 Å². The second kappa shape index (κ2) is 4.70. The fourth-order valence-electron chi connectivity index (χ4n) is 2.08. The molecule has 0 aliphatic carbocycles. The van der Waals surface area contributed by atoms with Gasteiger partial charge in [-0.3, -0.25) is 0 Å². The first kappa shape index (κ1) is 12.5. The quantitative estimate of drug-likeness (QED) is 0.859. The predicted octanol–water partition coefficient (Wildman–Crippen LogP) is 2.79. The van der Waals surface area contributed by atoms with Crippen LogP contribution in [0.1, 0.15) is 31.9 Å². The fourth-order valence-corrected chi connectivity index (χ4v) is 2.08. The van der Waals surface area contributed by atoms with Crippen molar-refractivity contribution in [3.05, 3.63) is 35.4 Å². The number of morpholine rings is 1. The zero-order valence-corrected chi connectivity index (χ0v) is 10.1. The number of benzene rings is 1. The van der Waals surface area contributed by atoms with Gasteiger partial charge >= 0.3 is 0 Å². The van der Waals surface area contributed by atoms with E-state index in [1.165, 1.54) is 18.2 Å². The van der Waals surface area contributed by atoms with Crippen LogP contribution in [0.15, 0.2) is 18.2 Å². The van der Waals surface area contributed by atoms with E-state index < -0.39 is 17.7 Å². The van der Waals surface area contributed by atoms with E-state index in [9.17, 15) is 8.78 Å². The van der Waals surface area contributed by atoms with Crippen LogP contribution in [-0.2, 0) is 4.74 Å². The lowest BCUT2D eigenvalue weighted by molar-refractivity contribution is -0.111. The maximum absolute atomic E-state index is 13.6. The molecule has 0 radical (unpaired) electrons. The molecule has 4 heteroatoms. The Morgan fingerprint density at radius 1 is 1.41 bits per heavy atom. The van der Waals surface area contributed by atoms with Gasteiger partial charge in [0.1, 0.15) is 17.7 Å². The van der Waals surface area contributed by atoms with Gasteiger partial charge < -0.3 is 10.1 Å². The van der Waals surface area contributed by atoms with Gasteiger partial charge in [-0.15, -0.1) is 0 Å². The highest BCUT2D eigenvalue weighted by atomic mass is 19.1. The summed E-state index contributed by atoms with van der Waals surface area (Å²) in [4.78, 5) is 0. The third-order valence-corrected chi connectivity index (χ3v) is 3.33. The molecule has 0 spiro atoms. The van der Waals surface area contributed by atoms with Crippen LogP contribution in [0.25, 0.3) is 0 Å². The second-order valence-electron chi connectivity index (χ2n) is 4.68. The Bertz CT molecular complexity index is 390. The highest BCUT2D eigenvalue weighted by Gasteiger charge is 2.34. The Hall–Kier alpha value is -1.00. The smallest absolute Gasteiger partial charge is 0.132 e. The van der Waals surface area contributed by atoms with Crippen molar-refractivity contribution in [1.82, 2.24) is 5.32 Å². The molecule has 2 unspecified atom stereocenters. The lowest BCUT2D eigenvalue weighted by Crippen LogP contribution is -2.48. The highest BCUT2D eigenvalue weighted by Crippen LogP contribution is 2.31. The monoisotopic (exact) mass is 241 g/mol. The molecule has 0 bridgehead atoms. The van der Waals surface area contributed by atoms with Crippen molar-refractivity contribution in [1.29, 1.82) is 0 Å². The lowest BCUT2D eigenvalue weighted by atomic mass is 9.98. The SMILES string of the molecule is CCC1(C)CNCC(c2c(F)cccc2F)O1. The molecule has 1 aromatic carbocycles. The second-order valence-corrected chi connectivity index (χ2v) is 4.68. The van der Waals surface area contributed by atoms with Crippen molar-refractivity contribution < 1.29 is 13.5 Å². The third-order valence-electron chi connectivity index (χ3n) is 3.33. The van der Waals surface area contributed by atoms with Crippen LogP contribution in [0.5, 0.6) is 0 Å². The largest absolute Gasteiger partial charge is 0.364 e. The molecule has 1 aromatic rings. The van der Waals surface area contributed by atoms with Gasteiger partial charge in [0.2, 0.25) is 0 Å². The van der Waals surface area contributed by atoms with Gasteiger partial charge in [-0.1, -0.05) is 13.0 Å². The molecule has 1 aliphatic heterocycles. The van der Waals surface area contributed by atoms with Gasteiger partial charge in [0.05, 0.1) is 11.2 Å². The molecule has 17 heavy (non-hydrogen) atoms. The molecular weight excluding hydrogens is 224 g/mol. The zero-order chi connectivity index (χ0) is 12.5. The number of hydrogen-bond acceptors (Lipinski definition) is 2. The molecule has 1 N–H and O–H groups in total. The Morgan fingerprint density at radius 3 is 2.65 bits per heavy atom. The molecule has 2 nitrogen and oxygen atoms in total. The first-order chi connectivity index (χ1) is 8.06. The zero-order valence-electron chi connectivity index (χ0n) is 10.1. The van der Waals surface area contributed by atoms with Gasteiger partial charge in [-0.2, -0.15) is 0 Å². The number of halogens is 2. The summed E-state index contributed by atoms with van der Waals surface area (Å²) >= 11 is 0. The average Bonchev–Trinajstić information content (AvgIpc) is 2.29. The Balaban J connectivity index is 2.28. The van der Waals surface area contributed by atoms with Crippen LogP contribution in [0.4, 0.5) is 8.78 Å². The van der Waals surface area contributed by atoms with E-state index in [1.807, 2.05) is 13.8 Å². The van der Waals surface area contributed by atoms with E-state index in [0.717, 1.165) is 6.42 Å². The Morgan fingerprint density at radius 2 is 2.06 bits per heavy atom. The third kappa shape index (κ3) is 2.48. The molecule has 1 aliphatic rings. The molecule has 94 valence electrons. The van der Waals surface area contributed by atoms with Crippen molar-refractivity contribution in [2.75, 3.05) is 13.1 Å². The summed E-state index contributed by atoms with van der Waals surface area (Å²) in [7, 11) is 0. The summed E-state index contributed by atoms with van der Waals surface area (Å²) in [6.45, 7) is 5.09. The normalized spacial score (nSPS) is 29.3. The molecule has 0 aromatic heterocycles.